The van der Waals surface area contributed by atoms with Gasteiger partial charge >= 0.3 is 0 Å². The number of nitrogen functional groups attached to an aromatic ring is 1. The van der Waals surface area contributed by atoms with Gasteiger partial charge in [-0.1, -0.05) is 0 Å². The molecular weight excluding hydrogens is 270 g/mol. The molecule has 8 nitrogen and oxygen atoms in total. The molecule has 9 heteroatoms. The normalized spacial score (nSPS) is 20.7. The van der Waals surface area contributed by atoms with Crippen molar-refractivity contribution >= 4 is 15.7 Å². The van der Waals surface area contributed by atoms with E-state index in [9.17, 15) is 8.42 Å². The number of nitrogens with one attached hydrogen (secondary N) is 1. The predicted molar refractivity (Wildman–Crippen MR) is 66.2 cm³/mol. The molecule has 0 radical (unpaired) electrons. The third kappa shape index (κ3) is 2.66. The van der Waals surface area contributed by atoms with E-state index in [4.69, 9.17) is 15.8 Å². The van der Waals surface area contributed by atoms with Crippen molar-refractivity contribution in [2.45, 2.75) is 11.0 Å². The Labute approximate surface area is 110 Å². The summed E-state index contributed by atoms with van der Waals surface area (Å²) in [6, 6.07) is 3.37. The zero-order valence-corrected chi connectivity index (χ0v) is 10.8. The van der Waals surface area contributed by atoms with E-state index in [1.165, 1.54) is 22.8 Å². The lowest BCUT2D eigenvalue weighted by atomic mass is 10.3. The van der Waals surface area contributed by atoms with E-state index in [1.54, 1.807) is 0 Å². The van der Waals surface area contributed by atoms with Crippen molar-refractivity contribution in [3.63, 3.8) is 0 Å². The monoisotopic (exact) mass is 283 g/mol. The molecule has 3 N–H and O–H groups in total. The van der Waals surface area contributed by atoms with E-state index in [1.807, 2.05) is 6.07 Å². The smallest absolute Gasteiger partial charge is 0.246 e. The number of aromatic nitrogens is 1. The van der Waals surface area contributed by atoms with Gasteiger partial charge in [0.1, 0.15) is 4.90 Å². The van der Waals surface area contributed by atoms with Crippen LogP contribution in [0.15, 0.2) is 23.4 Å². The summed E-state index contributed by atoms with van der Waals surface area (Å²) in [5.74, 6) is 5.29. The topological polar surface area (TPSA) is 121 Å². The molecule has 0 aliphatic carbocycles. The van der Waals surface area contributed by atoms with Crippen LogP contribution in [0.25, 0.3) is 0 Å². The molecule has 1 aliphatic heterocycles. The Balaban J connectivity index is 2.34. The Morgan fingerprint density at radius 2 is 2.42 bits per heavy atom. The highest BCUT2D eigenvalue weighted by molar-refractivity contribution is 7.89. The van der Waals surface area contributed by atoms with Crippen LogP contribution < -0.4 is 11.3 Å². The van der Waals surface area contributed by atoms with E-state index in [0.717, 1.165) is 0 Å². The second-order valence-corrected chi connectivity index (χ2v) is 5.77. The number of hydrogen-bond acceptors (Lipinski definition) is 7. The molecule has 19 heavy (non-hydrogen) atoms. The molecule has 1 aromatic rings. The van der Waals surface area contributed by atoms with Crippen LogP contribution in [0.2, 0.25) is 0 Å². The first-order valence-corrected chi connectivity index (χ1v) is 6.95. The second-order valence-electron chi connectivity index (χ2n) is 3.87. The number of pyridine rings is 1. The van der Waals surface area contributed by atoms with Gasteiger partial charge in [-0.15, -0.1) is 0 Å². The molecule has 0 spiro atoms. The van der Waals surface area contributed by atoms with E-state index >= 15 is 0 Å². The van der Waals surface area contributed by atoms with Gasteiger partial charge in [-0.2, -0.15) is 9.57 Å². The molecule has 0 bridgehead atoms. The van der Waals surface area contributed by atoms with E-state index in [-0.39, 0.29) is 30.3 Å². The van der Waals surface area contributed by atoms with Crippen molar-refractivity contribution in [3.8, 4) is 6.07 Å². The Bertz CT molecular complexity index is 597. The van der Waals surface area contributed by atoms with Crippen LogP contribution in [0.3, 0.4) is 0 Å². The predicted octanol–water partition coefficient (Wildman–Crippen LogP) is -0.720. The maximum absolute atomic E-state index is 12.5. The fourth-order valence-corrected chi connectivity index (χ4v) is 3.29. The van der Waals surface area contributed by atoms with Crippen LogP contribution in [-0.2, 0) is 14.8 Å². The average Bonchev–Trinajstić information content (AvgIpc) is 2.47. The highest BCUT2D eigenvalue weighted by atomic mass is 32.2. The second kappa shape index (κ2) is 5.50. The van der Waals surface area contributed by atoms with E-state index in [0.29, 0.717) is 0 Å². The number of anilines is 1. The van der Waals surface area contributed by atoms with Gasteiger partial charge in [-0.25, -0.2) is 8.42 Å². The maximum atomic E-state index is 12.5. The number of nitrogens with zero attached hydrogens (tertiary/aromatic N) is 3. The number of nitrogens with two attached hydrogens (primary N) is 1. The van der Waals surface area contributed by atoms with Gasteiger partial charge in [0.25, 0.3) is 0 Å². The summed E-state index contributed by atoms with van der Waals surface area (Å²) in [6.07, 6.45) is 1.90. The Kier molecular flexibility index (Phi) is 3.96. The summed E-state index contributed by atoms with van der Waals surface area (Å²) < 4.78 is 31.2. The van der Waals surface area contributed by atoms with Crippen LogP contribution in [-0.4, -0.2) is 43.5 Å². The van der Waals surface area contributed by atoms with Crippen molar-refractivity contribution in [2.75, 3.05) is 25.1 Å². The van der Waals surface area contributed by atoms with Gasteiger partial charge in [0.15, 0.2) is 6.10 Å². The zero-order valence-electron chi connectivity index (χ0n) is 9.98. The number of hydrogen-bond donors (Lipinski definition) is 2. The molecule has 0 aromatic carbocycles. The molecule has 1 aromatic heterocycles. The summed E-state index contributed by atoms with van der Waals surface area (Å²) in [7, 11) is -3.75. The summed E-state index contributed by atoms with van der Waals surface area (Å²) in [4.78, 5) is 3.78. The first kappa shape index (κ1) is 13.7. The Hall–Kier alpha value is -1.73. The lowest BCUT2D eigenvalue weighted by molar-refractivity contribution is 0.0311. The van der Waals surface area contributed by atoms with Crippen LogP contribution in [0, 0.1) is 11.3 Å². The van der Waals surface area contributed by atoms with Gasteiger partial charge in [0, 0.05) is 18.9 Å². The molecule has 1 aliphatic rings. The van der Waals surface area contributed by atoms with Crippen molar-refractivity contribution in [2.24, 2.45) is 5.84 Å². The summed E-state index contributed by atoms with van der Waals surface area (Å²) in [6.45, 7) is 0.375. The van der Waals surface area contributed by atoms with Gasteiger partial charge in [0.2, 0.25) is 10.0 Å². The van der Waals surface area contributed by atoms with Crippen molar-refractivity contribution in [3.05, 3.63) is 18.5 Å². The number of rotatable bonds is 3. The molecule has 1 fully saturated rings. The quantitative estimate of drug-likeness (QED) is 0.554. The van der Waals surface area contributed by atoms with Gasteiger partial charge < -0.3 is 10.2 Å². The molecule has 1 unspecified atom stereocenters. The average molecular weight is 283 g/mol. The molecule has 1 saturated heterocycles. The number of ether oxygens (including phenoxy) is 1. The highest BCUT2D eigenvalue weighted by Crippen LogP contribution is 2.24. The van der Waals surface area contributed by atoms with Crippen LogP contribution in [0.1, 0.15) is 0 Å². The fraction of sp³-hybridized carbons (Fsp3) is 0.400. The minimum absolute atomic E-state index is 0.00224. The van der Waals surface area contributed by atoms with Crippen molar-refractivity contribution in [1.29, 1.82) is 5.26 Å². The minimum atomic E-state index is -3.75. The third-order valence-electron chi connectivity index (χ3n) is 2.73. The fourth-order valence-electron chi connectivity index (χ4n) is 1.77. The summed E-state index contributed by atoms with van der Waals surface area (Å²) >= 11 is 0. The molecule has 102 valence electrons. The van der Waals surface area contributed by atoms with E-state index < -0.39 is 16.1 Å². The summed E-state index contributed by atoms with van der Waals surface area (Å²) in [5, 5.41) is 8.80. The van der Waals surface area contributed by atoms with Crippen molar-refractivity contribution in [1.82, 2.24) is 9.29 Å². The molecule has 0 saturated carbocycles. The summed E-state index contributed by atoms with van der Waals surface area (Å²) in [5.41, 5.74) is 2.58. The highest BCUT2D eigenvalue weighted by Gasteiger charge is 2.32. The lowest BCUT2D eigenvalue weighted by Gasteiger charge is -2.29. The zero-order chi connectivity index (χ0) is 13.9. The molecule has 1 atom stereocenters. The van der Waals surface area contributed by atoms with Crippen molar-refractivity contribution < 1.29 is 13.2 Å². The largest absolute Gasteiger partial charge is 0.361 e. The number of hydrazine groups is 1. The Morgan fingerprint density at radius 3 is 3.11 bits per heavy atom. The van der Waals surface area contributed by atoms with Gasteiger partial charge in [-0.3, -0.25) is 10.8 Å². The van der Waals surface area contributed by atoms with Gasteiger partial charge in [-0.05, 0) is 6.07 Å². The molecule has 2 rings (SSSR count). The van der Waals surface area contributed by atoms with Crippen LogP contribution in [0.4, 0.5) is 5.69 Å². The number of morpholine rings is 1. The SMILES string of the molecule is N#CC1CN(S(=O)(=O)c2cnccc2NN)CCO1. The van der Waals surface area contributed by atoms with E-state index in [2.05, 4.69) is 10.4 Å². The maximum Gasteiger partial charge on any atom is 0.246 e. The molecular formula is C10H13N5O3S. The standard InChI is InChI=1S/C10H13N5O3S/c11-5-8-7-15(3-4-18-8)19(16,17)10-6-13-2-1-9(10)14-12/h1-2,6,8H,3-4,7,12H2,(H,13,14). The minimum Gasteiger partial charge on any atom is -0.361 e. The first-order chi connectivity index (χ1) is 9.09. The van der Waals surface area contributed by atoms with Crippen LogP contribution >= 0.6 is 0 Å². The molecule has 2 heterocycles. The Morgan fingerprint density at radius 1 is 1.63 bits per heavy atom. The van der Waals surface area contributed by atoms with Crippen LogP contribution in [0.5, 0.6) is 0 Å². The number of nitriles is 1. The third-order valence-corrected chi connectivity index (χ3v) is 4.62. The lowest BCUT2D eigenvalue weighted by Crippen LogP contribution is -2.45. The molecule has 0 amide bonds. The van der Waals surface area contributed by atoms with Gasteiger partial charge in [0.05, 0.1) is 24.9 Å². The first-order valence-electron chi connectivity index (χ1n) is 5.51. The number of sulfonamides is 1.